The molecule has 0 spiro atoms. The average molecular weight is 199 g/mol. The third-order valence-electron chi connectivity index (χ3n) is 0.503. The van der Waals surface area contributed by atoms with Crippen molar-refractivity contribution in [1.82, 2.24) is 0 Å². The van der Waals surface area contributed by atoms with E-state index in [9.17, 15) is 0 Å². The van der Waals surface area contributed by atoms with Gasteiger partial charge in [0.1, 0.15) is 12.5 Å². The number of quaternary nitrogens is 1. The first-order chi connectivity index (χ1) is 2.50. The van der Waals surface area contributed by atoms with E-state index in [0.717, 1.165) is 6.73 Å². The van der Waals surface area contributed by atoms with Crippen LogP contribution in [0.3, 0.4) is 0 Å². The van der Waals surface area contributed by atoms with Crippen molar-refractivity contribution in [3.63, 3.8) is 0 Å². The highest BCUT2D eigenvalue weighted by molar-refractivity contribution is 4.57. The Morgan fingerprint density at radius 2 is 2.50 bits per heavy atom. The minimum Gasteiger partial charge on any atom is -1.00 e. The van der Waals surface area contributed by atoms with Gasteiger partial charge >= 0.3 is 0 Å². The van der Waals surface area contributed by atoms with E-state index in [0.29, 0.717) is 0 Å². The van der Waals surface area contributed by atoms with Gasteiger partial charge in [-0.1, -0.05) is 0 Å². The van der Waals surface area contributed by atoms with Gasteiger partial charge in [-0.2, -0.15) is 0 Å². The van der Waals surface area contributed by atoms with Gasteiger partial charge in [0.05, 0.1) is 0 Å². The molecule has 0 aliphatic carbocycles. The van der Waals surface area contributed by atoms with Crippen molar-refractivity contribution in [2.24, 2.45) is 0 Å². The number of nitrogens with two attached hydrogens (primary N) is 1. The highest BCUT2D eigenvalue weighted by atomic mass is 127. The summed E-state index contributed by atoms with van der Waals surface area (Å²) in [6, 6.07) is 0. The van der Waals surface area contributed by atoms with E-state index in [-0.39, 0.29) is 24.0 Å². The molecule has 0 unspecified atom stereocenters. The van der Waals surface area contributed by atoms with E-state index >= 15 is 0 Å². The normalized spacial score (nSPS) is 16.0. The van der Waals surface area contributed by atoms with E-state index in [1.54, 1.807) is 6.26 Å². The van der Waals surface area contributed by atoms with Gasteiger partial charge in [0.25, 0.3) is 0 Å². The number of rotatable bonds is 0. The standard InChI is InChI=1S/C3H5NO.HI/c1-2-5-3-4-1;/h1-2,4H,3H2;1H. The fraction of sp³-hybridized carbons (Fsp3) is 0.333. The molecule has 0 aromatic rings. The van der Waals surface area contributed by atoms with Crippen molar-refractivity contribution < 1.29 is 34.0 Å². The minimum atomic E-state index is 0. The molecule has 1 aliphatic heterocycles. The van der Waals surface area contributed by atoms with E-state index in [4.69, 9.17) is 4.74 Å². The maximum atomic E-state index is 4.71. The van der Waals surface area contributed by atoms with E-state index < -0.39 is 0 Å². The lowest BCUT2D eigenvalue weighted by molar-refractivity contribution is -0.604. The summed E-state index contributed by atoms with van der Waals surface area (Å²) in [5.41, 5.74) is 0. The fourth-order valence-electron chi connectivity index (χ4n) is 0.278. The second-order valence-corrected chi connectivity index (χ2v) is 0.898. The zero-order valence-corrected chi connectivity index (χ0v) is 5.38. The summed E-state index contributed by atoms with van der Waals surface area (Å²) in [4.78, 5) is 0. The molecule has 0 bridgehead atoms. The minimum absolute atomic E-state index is 0. The predicted octanol–water partition coefficient (Wildman–Crippen LogP) is -3.99. The lowest BCUT2D eigenvalue weighted by Gasteiger charge is -1.77. The van der Waals surface area contributed by atoms with Crippen molar-refractivity contribution >= 4 is 0 Å². The zero-order chi connectivity index (χ0) is 3.54. The van der Waals surface area contributed by atoms with Crippen molar-refractivity contribution in [2.75, 3.05) is 6.73 Å². The van der Waals surface area contributed by atoms with Gasteiger partial charge in [-0.15, -0.1) is 0 Å². The summed E-state index contributed by atoms with van der Waals surface area (Å²) in [7, 11) is 0. The monoisotopic (exact) mass is 199 g/mol. The largest absolute Gasteiger partial charge is 1.00 e. The molecule has 1 rings (SSSR count). The third-order valence-corrected chi connectivity index (χ3v) is 0.503. The van der Waals surface area contributed by atoms with Crippen LogP contribution < -0.4 is 29.3 Å². The third kappa shape index (κ3) is 1.61. The molecule has 6 heavy (non-hydrogen) atoms. The smallest absolute Gasteiger partial charge is 0.224 e. The highest BCUT2D eigenvalue weighted by Gasteiger charge is 1.86. The van der Waals surface area contributed by atoms with Crippen LogP contribution in [-0.2, 0) is 4.74 Å². The van der Waals surface area contributed by atoms with Crippen LogP contribution in [0.5, 0.6) is 0 Å². The van der Waals surface area contributed by atoms with Crippen LogP contribution in [0.1, 0.15) is 0 Å². The summed E-state index contributed by atoms with van der Waals surface area (Å²) >= 11 is 0. The second-order valence-electron chi connectivity index (χ2n) is 0.898. The first kappa shape index (κ1) is 6.23. The van der Waals surface area contributed by atoms with Crippen molar-refractivity contribution in [3.8, 4) is 0 Å². The summed E-state index contributed by atoms with van der Waals surface area (Å²) in [5, 5.41) is 1.96. The SMILES string of the molecule is C1=COC[NH2+]1.[I-]. The molecule has 0 atom stereocenters. The summed E-state index contributed by atoms with van der Waals surface area (Å²) < 4.78 is 4.71. The topological polar surface area (TPSA) is 25.8 Å². The second kappa shape index (κ2) is 3.42. The van der Waals surface area contributed by atoms with Crippen LogP contribution in [0.2, 0.25) is 0 Å². The van der Waals surface area contributed by atoms with Crippen LogP contribution in [0.15, 0.2) is 12.5 Å². The number of halogens is 1. The highest BCUT2D eigenvalue weighted by Crippen LogP contribution is 1.68. The Hall–Kier alpha value is 0.230. The molecule has 0 saturated heterocycles. The fourth-order valence-corrected chi connectivity index (χ4v) is 0.278. The Labute approximate surface area is 53.6 Å². The van der Waals surface area contributed by atoms with E-state index in [2.05, 4.69) is 0 Å². The molecular formula is C3H6INO. The molecule has 0 aromatic heterocycles. The molecule has 1 heterocycles. The van der Waals surface area contributed by atoms with Crippen LogP contribution in [0.25, 0.3) is 0 Å². The number of ether oxygens (including phenoxy) is 1. The molecular weight excluding hydrogens is 193 g/mol. The lowest BCUT2D eigenvalue weighted by Crippen LogP contribution is -3.00. The summed E-state index contributed by atoms with van der Waals surface area (Å²) in [6.45, 7) is 0.764. The summed E-state index contributed by atoms with van der Waals surface area (Å²) in [5.74, 6) is 0. The van der Waals surface area contributed by atoms with Gasteiger partial charge in [-0.05, 0) is 0 Å². The molecule has 3 heteroatoms. The van der Waals surface area contributed by atoms with Gasteiger partial charge in [0.15, 0.2) is 0 Å². The van der Waals surface area contributed by atoms with Gasteiger partial charge in [0, 0.05) is 0 Å². The molecule has 0 radical (unpaired) electrons. The molecule has 2 N–H and O–H groups in total. The van der Waals surface area contributed by atoms with Crippen molar-refractivity contribution in [3.05, 3.63) is 12.5 Å². The Bertz CT molecular complexity index is 48.8. The summed E-state index contributed by atoms with van der Waals surface area (Å²) in [6.07, 6.45) is 3.57. The van der Waals surface area contributed by atoms with Crippen LogP contribution >= 0.6 is 0 Å². The Morgan fingerprint density at radius 3 is 2.67 bits per heavy atom. The first-order valence-corrected chi connectivity index (χ1v) is 1.60. The van der Waals surface area contributed by atoms with E-state index in [1.807, 2.05) is 11.5 Å². The van der Waals surface area contributed by atoms with Crippen molar-refractivity contribution in [2.45, 2.75) is 0 Å². The Balaban J connectivity index is 0.000000250. The maximum Gasteiger partial charge on any atom is 0.224 e. The Morgan fingerprint density at radius 1 is 1.67 bits per heavy atom. The predicted molar refractivity (Wildman–Crippen MR) is 17.0 cm³/mol. The van der Waals surface area contributed by atoms with Crippen LogP contribution in [0, 0.1) is 0 Å². The van der Waals surface area contributed by atoms with Crippen LogP contribution in [0.4, 0.5) is 0 Å². The molecule has 0 saturated carbocycles. The molecule has 0 amide bonds. The quantitative estimate of drug-likeness (QED) is 0.395. The lowest BCUT2D eigenvalue weighted by atomic mass is 11.0. The average Bonchev–Trinajstić information content (AvgIpc) is 1.76. The zero-order valence-electron chi connectivity index (χ0n) is 3.23. The molecule has 36 valence electrons. The van der Waals surface area contributed by atoms with Gasteiger partial charge in [-0.25, -0.2) is 0 Å². The molecule has 1 aliphatic rings. The first-order valence-electron chi connectivity index (χ1n) is 1.60. The van der Waals surface area contributed by atoms with Crippen LogP contribution in [-0.4, -0.2) is 6.73 Å². The maximum absolute atomic E-state index is 4.71. The van der Waals surface area contributed by atoms with Gasteiger partial charge in [-0.3, -0.25) is 5.32 Å². The number of hydrogen-bond acceptors (Lipinski definition) is 1. The number of hydrogen-bond donors (Lipinski definition) is 1. The molecule has 0 fully saturated rings. The Kier molecular flexibility index (Phi) is 3.55. The molecule has 2 nitrogen and oxygen atoms in total. The van der Waals surface area contributed by atoms with Gasteiger partial charge in [0.2, 0.25) is 6.73 Å². The van der Waals surface area contributed by atoms with E-state index in [1.165, 1.54) is 0 Å². The molecule has 0 aromatic carbocycles. The van der Waals surface area contributed by atoms with Gasteiger partial charge < -0.3 is 28.7 Å². The van der Waals surface area contributed by atoms with Crippen molar-refractivity contribution in [1.29, 1.82) is 0 Å².